The SMILES string of the molecule is COCc1c([N+](=O)[O-])c(C=Cc2ccc(-c3ccccc3[N+](=O)[O-])o2)[nH]c(=O)c1C#N. The Balaban J connectivity index is 2.04. The van der Waals surface area contributed by atoms with Gasteiger partial charge in [-0.2, -0.15) is 5.26 Å². The Morgan fingerprint density at radius 2 is 1.90 bits per heavy atom. The second kappa shape index (κ2) is 8.85. The topological polar surface area (TPSA) is 165 Å². The summed E-state index contributed by atoms with van der Waals surface area (Å²) in [6.07, 6.45) is 2.61. The first-order valence-corrected chi connectivity index (χ1v) is 8.71. The molecule has 11 nitrogen and oxygen atoms in total. The highest BCUT2D eigenvalue weighted by molar-refractivity contribution is 5.75. The van der Waals surface area contributed by atoms with Crippen molar-refractivity contribution in [3.8, 4) is 17.4 Å². The maximum Gasteiger partial charge on any atom is 0.299 e. The lowest BCUT2D eigenvalue weighted by molar-refractivity contribution is -0.386. The molecule has 0 aliphatic carbocycles. The molecule has 0 saturated carbocycles. The Morgan fingerprint density at radius 3 is 2.55 bits per heavy atom. The average molecular weight is 422 g/mol. The van der Waals surface area contributed by atoms with E-state index < -0.39 is 26.7 Å². The molecular formula is C20H14N4O7. The van der Waals surface area contributed by atoms with Gasteiger partial charge in [0.25, 0.3) is 16.9 Å². The predicted octanol–water partition coefficient (Wildman–Crippen LogP) is 3.64. The molecule has 2 heterocycles. The van der Waals surface area contributed by atoms with Crippen molar-refractivity contribution < 1.29 is 19.0 Å². The van der Waals surface area contributed by atoms with Crippen LogP contribution in [0.4, 0.5) is 11.4 Å². The molecule has 0 aliphatic rings. The number of H-pyrrole nitrogens is 1. The lowest BCUT2D eigenvalue weighted by atomic mass is 10.1. The third-order valence-electron chi connectivity index (χ3n) is 4.31. The number of benzene rings is 1. The van der Waals surface area contributed by atoms with Gasteiger partial charge >= 0.3 is 0 Å². The Labute approximate surface area is 174 Å². The molecule has 1 aromatic carbocycles. The maximum absolute atomic E-state index is 12.2. The molecule has 0 amide bonds. The van der Waals surface area contributed by atoms with Crippen molar-refractivity contribution in [3.63, 3.8) is 0 Å². The quantitative estimate of drug-likeness (QED) is 0.445. The number of hydrogen-bond donors (Lipinski definition) is 1. The van der Waals surface area contributed by atoms with Gasteiger partial charge in [0.1, 0.15) is 28.8 Å². The van der Waals surface area contributed by atoms with Crippen LogP contribution in [-0.4, -0.2) is 21.9 Å². The molecular weight excluding hydrogens is 408 g/mol. The van der Waals surface area contributed by atoms with Crippen LogP contribution in [0, 0.1) is 31.6 Å². The molecule has 1 N–H and O–H groups in total. The van der Waals surface area contributed by atoms with Gasteiger partial charge in [-0.05, 0) is 30.4 Å². The van der Waals surface area contributed by atoms with E-state index in [1.54, 1.807) is 12.1 Å². The standard InChI is InChI=1S/C20H14N4O7/c1-30-11-15-14(10-21)20(25)22-16(19(15)24(28)29)8-6-12-7-9-18(31-12)13-4-2-3-5-17(13)23(26)27/h2-9H,11H2,1H3,(H,22,25). The summed E-state index contributed by atoms with van der Waals surface area (Å²) >= 11 is 0. The van der Waals surface area contributed by atoms with Gasteiger partial charge in [0.15, 0.2) is 0 Å². The summed E-state index contributed by atoms with van der Waals surface area (Å²) in [7, 11) is 1.29. The van der Waals surface area contributed by atoms with E-state index >= 15 is 0 Å². The molecule has 0 saturated heterocycles. The van der Waals surface area contributed by atoms with Gasteiger partial charge in [-0.1, -0.05) is 12.1 Å². The van der Waals surface area contributed by atoms with Gasteiger partial charge in [-0.25, -0.2) is 0 Å². The van der Waals surface area contributed by atoms with E-state index in [0.717, 1.165) is 0 Å². The Hall–Kier alpha value is -4.56. The van der Waals surface area contributed by atoms with Crippen molar-refractivity contribution >= 4 is 23.5 Å². The number of nitriles is 1. The van der Waals surface area contributed by atoms with Crippen molar-refractivity contribution in [2.45, 2.75) is 6.61 Å². The molecule has 0 spiro atoms. The first kappa shape index (κ1) is 21.2. The lowest BCUT2D eigenvalue weighted by Gasteiger charge is -2.06. The van der Waals surface area contributed by atoms with E-state index in [1.165, 1.54) is 49.6 Å². The maximum atomic E-state index is 12.2. The number of aromatic amines is 1. The van der Waals surface area contributed by atoms with Crippen LogP contribution in [0.5, 0.6) is 0 Å². The summed E-state index contributed by atoms with van der Waals surface area (Å²) in [5.74, 6) is 0.468. The fourth-order valence-electron chi connectivity index (χ4n) is 2.99. The van der Waals surface area contributed by atoms with Crippen LogP contribution in [0.25, 0.3) is 23.5 Å². The van der Waals surface area contributed by atoms with Gasteiger partial charge in [-0.3, -0.25) is 25.0 Å². The zero-order chi connectivity index (χ0) is 22.5. The van der Waals surface area contributed by atoms with Crippen molar-refractivity contribution in [1.29, 1.82) is 5.26 Å². The Kier molecular flexibility index (Phi) is 6.04. The van der Waals surface area contributed by atoms with Crippen LogP contribution >= 0.6 is 0 Å². The van der Waals surface area contributed by atoms with Crippen LogP contribution in [-0.2, 0) is 11.3 Å². The first-order valence-electron chi connectivity index (χ1n) is 8.71. The van der Waals surface area contributed by atoms with E-state index in [9.17, 15) is 30.3 Å². The Morgan fingerprint density at radius 1 is 1.16 bits per heavy atom. The van der Waals surface area contributed by atoms with Crippen molar-refractivity contribution in [2.24, 2.45) is 0 Å². The molecule has 11 heteroatoms. The molecule has 0 aliphatic heterocycles. The van der Waals surface area contributed by atoms with Gasteiger partial charge in [0, 0.05) is 13.2 Å². The van der Waals surface area contributed by atoms with E-state index in [2.05, 4.69) is 4.98 Å². The second-order valence-electron chi connectivity index (χ2n) is 6.18. The molecule has 0 fully saturated rings. The molecule has 3 rings (SSSR count). The molecule has 156 valence electrons. The van der Waals surface area contributed by atoms with Crippen molar-refractivity contribution in [3.05, 3.63) is 89.6 Å². The molecule has 0 atom stereocenters. The zero-order valence-corrected chi connectivity index (χ0v) is 16.0. The number of pyridine rings is 1. The minimum atomic E-state index is -0.792. The normalized spacial score (nSPS) is 10.8. The number of rotatable bonds is 7. The number of methoxy groups -OCH3 is 1. The largest absolute Gasteiger partial charge is 0.456 e. The molecule has 3 aromatic rings. The number of ether oxygens (including phenoxy) is 1. The number of para-hydroxylation sites is 1. The van der Waals surface area contributed by atoms with E-state index in [1.807, 2.05) is 0 Å². The van der Waals surface area contributed by atoms with E-state index in [0.29, 0.717) is 0 Å². The van der Waals surface area contributed by atoms with Gasteiger partial charge in [-0.15, -0.1) is 0 Å². The van der Waals surface area contributed by atoms with Gasteiger partial charge in [0.05, 0.1) is 27.6 Å². The van der Waals surface area contributed by atoms with Crippen molar-refractivity contribution in [2.75, 3.05) is 7.11 Å². The number of nitrogens with one attached hydrogen (secondary N) is 1. The Bertz CT molecular complexity index is 1300. The highest BCUT2D eigenvalue weighted by Gasteiger charge is 2.25. The average Bonchev–Trinajstić information content (AvgIpc) is 3.21. The van der Waals surface area contributed by atoms with Crippen LogP contribution in [0.1, 0.15) is 22.6 Å². The van der Waals surface area contributed by atoms with E-state index in [-0.39, 0.29) is 40.6 Å². The third-order valence-corrected chi connectivity index (χ3v) is 4.31. The number of furan rings is 1. The summed E-state index contributed by atoms with van der Waals surface area (Å²) in [5, 5.41) is 32.0. The number of nitro benzene ring substituents is 1. The third kappa shape index (κ3) is 4.24. The first-order chi connectivity index (χ1) is 14.9. The zero-order valence-electron chi connectivity index (χ0n) is 16.0. The lowest BCUT2D eigenvalue weighted by Crippen LogP contribution is -2.18. The highest BCUT2D eigenvalue weighted by atomic mass is 16.6. The van der Waals surface area contributed by atoms with Crippen LogP contribution in [0.3, 0.4) is 0 Å². The summed E-state index contributed by atoms with van der Waals surface area (Å²) in [4.78, 5) is 36.0. The predicted molar refractivity (Wildman–Crippen MR) is 109 cm³/mol. The number of aromatic nitrogens is 1. The molecule has 0 bridgehead atoms. The smallest absolute Gasteiger partial charge is 0.299 e. The summed E-state index contributed by atoms with van der Waals surface area (Å²) in [6, 6.07) is 10.7. The monoisotopic (exact) mass is 422 g/mol. The molecule has 0 radical (unpaired) electrons. The number of hydrogen-bond acceptors (Lipinski definition) is 8. The second-order valence-corrected chi connectivity index (χ2v) is 6.18. The number of nitrogens with zero attached hydrogens (tertiary/aromatic N) is 3. The molecule has 2 aromatic heterocycles. The van der Waals surface area contributed by atoms with Gasteiger partial charge in [0.2, 0.25) is 0 Å². The minimum Gasteiger partial charge on any atom is -0.456 e. The minimum absolute atomic E-state index is 0.136. The van der Waals surface area contributed by atoms with Crippen molar-refractivity contribution in [1.82, 2.24) is 4.98 Å². The van der Waals surface area contributed by atoms with Gasteiger partial charge < -0.3 is 14.1 Å². The number of nitro groups is 2. The van der Waals surface area contributed by atoms with Crippen LogP contribution < -0.4 is 5.56 Å². The molecule has 31 heavy (non-hydrogen) atoms. The van der Waals surface area contributed by atoms with E-state index in [4.69, 9.17) is 9.15 Å². The fraction of sp³-hybridized carbons (Fsp3) is 0.100. The van der Waals surface area contributed by atoms with Crippen LogP contribution in [0.15, 0.2) is 45.6 Å². The fourth-order valence-corrected chi connectivity index (χ4v) is 2.99. The van der Waals surface area contributed by atoms with Crippen LogP contribution in [0.2, 0.25) is 0 Å². The highest BCUT2D eigenvalue weighted by Crippen LogP contribution is 2.32. The summed E-state index contributed by atoms with van der Waals surface area (Å²) in [6.45, 7) is -0.299. The summed E-state index contributed by atoms with van der Waals surface area (Å²) < 4.78 is 10.5. The molecule has 0 unspecified atom stereocenters. The summed E-state index contributed by atoms with van der Waals surface area (Å²) in [5.41, 5.74) is -1.82.